The Morgan fingerprint density at radius 2 is 1.79 bits per heavy atom. The molecule has 1 rings (SSSR count). The van der Waals surface area contributed by atoms with Crippen LogP contribution in [0.25, 0.3) is 0 Å². The maximum Gasteiger partial charge on any atom is 0.410 e. The lowest BCUT2D eigenvalue weighted by atomic mass is 10.2. The molecule has 0 bridgehead atoms. The Morgan fingerprint density at radius 3 is 2.16 bits per heavy atom. The third kappa shape index (κ3) is 6.35. The predicted octanol–water partition coefficient (Wildman–Crippen LogP) is 0.457. The van der Waals surface area contributed by atoms with Crippen LogP contribution in [0.2, 0.25) is 0 Å². The highest BCUT2D eigenvalue weighted by Crippen LogP contribution is 2.15. The lowest BCUT2D eigenvalue weighted by Gasteiger charge is -2.32. The van der Waals surface area contributed by atoms with E-state index in [-0.39, 0.29) is 25.0 Å². The van der Waals surface area contributed by atoms with E-state index in [2.05, 4.69) is 0 Å². The molecule has 0 aliphatic carbocycles. The van der Waals surface area contributed by atoms with E-state index in [9.17, 15) is 13.2 Å². The summed E-state index contributed by atoms with van der Waals surface area (Å²) in [7, 11) is -3.02. The molecule has 1 heterocycles. The summed E-state index contributed by atoms with van der Waals surface area (Å²) in [6.45, 7) is 7.42. The molecule has 1 unspecified atom stereocenters. The second kappa shape index (κ2) is 6.68. The van der Waals surface area contributed by atoms with Crippen molar-refractivity contribution in [3.05, 3.63) is 0 Å². The molecule has 1 fully saturated rings. The first-order chi connectivity index (χ1) is 8.53. The maximum atomic E-state index is 11.7. The number of rotatable bonds is 0. The minimum Gasteiger partial charge on any atom is -0.444 e. The van der Waals surface area contributed by atoms with Gasteiger partial charge in [-0.25, -0.2) is 13.2 Å². The van der Waals surface area contributed by atoms with E-state index in [0.717, 1.165) is 0 Å². The molecule has 1 aliphatic heterocycles. The summed E-state index contributed by atoms with van der Waals surface area (Å²) in [4.78, 5) is 29.4. The van der Waals surface area contributed by atoms with Crippen molar-refractivity contribution in [2.24, 2.45) is 0 Å². The van der Waals surface area contributed by atoms with Crippen LogP contribution in [0.3, 0.4) is 0 Å². The third-order valence-electron chi connectivity index (χ3n) is 2.39. The van der Waals surface area contributed by atoms with Crippen molar-refractivity contribution in [2.45, 2.75) is 38.5 Å². The maximum absolute atomic E-state index is 11.7. The summed E-state index contributed by atoms with van der Waals surface area (Å²) < 4.78 is 28.1. The van der Waals surface area contributed by atoms with Crippen LogP contribution in [0.4, 0.5) is 4.79 Å². The number of sulfone groups is 1. The van der Waals surface area contributed by atoms with Gasteiger partial charge in [-0.2, -0.15) is 9.59 Å². The molecule has 0 N–H and O–H groups in total. The van der Waals surface area contributed by atoms with Gasteiger partial charge >= 0.3 is 12.2 Å². The fraction of sp³-hybridized carbons (Fsp3) is 0.818. The molecule has 7 nitrogen and oxygen atoms in total. The molecule has 0 aromatic heterocycles. The molecule has 0 aromatic rings. The minimum atomic E-state index is -3.02. The Bertz CT molecular complexity index is 444. The molecule has 110 valence electrons. The quantitative estimate of drug-likeness (QED) is 0.643. The fourth-order valence-electron chi connectivity index (χ4n) is 1.45. The molecule has 1 aliphatic rings. The van der Waals surface area contributed by atoms with E-state index in [1.54, 1.807) is 27.7 Å². The van der Waals surface area contributed by atoms with Gasteiger partial charge in [0.1, 0.15) is 5.60 Å². The molecular formula is C11H19NO6S. The second-order valence-electron chi connectivity index (χ2n) is 5.19. The average molecular weight is 293 g/mol. The molecule has 1 atom stereocenters. The van der Waals surface area contributed by atoms with Crippen LogP contribution in [0, 0.1) is 0 Å². The van der Waals surface area contributed by atoms with Crippen molar-refractivity contribution in [3.63, 3.8) is 0 Å². The van der Waals surface area contributed by atoms with Crippen molar-refractivity contribution >= 4 is 22.1 Å². The normalized spacial score (nSPS) is 21.7. The number of carbonyl (C=O) groups is 1. The topological polar surface area (TPSA) is 97.8 Å². The van der Waals surface area contributed by atoms with Crippen molar-refractivity contribution in [1.29, 1.82) is 0 Å². The monoisotopic (exact) mass is 293 g/mol. The lowest BCUT2D eigenvalue weighted by molar-refractivity contribution is -0.191. The Balaban J connectivity index is 0.000000982. The highest BCUT2D eigenvalue weighted by Gasteiger charge is 2.33. The summed E-state index contributed by atoms with van der Waals surface area (Å²) in [6, 6.07) is 0. The fourth-order valence-corrected chi connectivity index (χ4v) is 2.73. The first-order valence-electron chi connectivity index (χ1n) is 5.72. The number of hydrogen-bond donors (Lipinski definition) is 0. The van der Waals surface area contributed by atoms with Gasteiger partial charge in [0, 0.05) is 13.1 Å². The SMILES string of the molecule is CC1CN(C(=O)OC(C)(C)C)CCS1(=O)=O.O=C=O. The minimum absolute atomic E-state index is 0.0212. The Hall–Kier alpha value is -1.40. The van der Waals surface area contributed by atoms with Gasteiger partial charge in [-0.15, -0.1) is 0 Å². The summed E-state index contributed by atoms with van der Waals surface area (Å²) in [6.07, 6.45) is -0.186. The van der Waals surface area contributed by atoms with Gasteiger partial charge in [0.25, 0.3) is 0 Å². The zero-order valence-corrected chi connectivity index (χ0v) is 12.3. The van der Waals surface area contributed by atoms with Gasteiger partial charge in [-0.3, -0.25) is 0 Å². The summed E-state index contributed by atoms with van der Waals surface area (Å²) >= 11 is 0. The van der Waals surface area contributed by atoms with Crippen LogP contribution in [-0.2, 0) is 24.2 Å². The van der Waals surface area contributed by atoms with Crippen molar-refractivity contribution in [3.8, 4) is 0 Å². The largest absolute Gasteiger partial charge is 0.444 e. The first-order valence-corrected chi connectivity index (χ1v) is 7.44. The van der Waals surface area contributed by atoms with E-state index in [1.807, 2.05) is 0 Å². The number of amides is 1. The molecule has 1 amide bonds. The van der Waals surface area contributed by atoms with Crippen molar-refractivity contribution in [1.82, 2.24) is 4.90 Å². The standard InChI is InChI=1S/C10H19NO4S.CO2/c1-8-7-11(5-6-16(8,13)14)9(12)15-10(2,3)4;2-1-3/h8H,5-7H2,1-4H3;. The van der Waals surface area contributed by atoms with E-state index in [1.165, 1.54) is 4.90 Å². The second-order valence-corrected chi connectivity index (χ2v) is 7.73. The Labute approximate surface area is 112 Å². The van der Waals surface area contributed by atoms with Gasteiger partial charge in [0.2, 0.25) is 0 Å². The van der Waals surface area contributed by atoms with Gasteiger partial charge in [-0.05, 0) is 27.7 Å². The van der Waals surface area contributed by atoms with Crippen LogP contribution < -0.4 is 0 Å². The molecule has 0 aromatic carbocycles. The van der Waals surface area contributed by atoms with Crippen LogP contribution in [0.5, 0.6) is 0 Å². The average Bonchev–Trinajstić information content (AvgIpc) is 2.20. The molecular weight excluding hydrogens is 274 g/mol. The Kier molecular flexibility index (Phi) is 6.18. The third-order valence-corrected chi connectivity index (χ3v) is 4.51. The Morgan fingerprint density at radius 1 is 1.32 bits per heavy atom. The van der Waals surface area contributed by atoms with Crippen LogP contribution in [0.15, 0.2) is 0 Å². The zero-order chi connectivity index (χ0) is 15.3. The van der Waals surface area contributed by atoms with E-state index in [0.29, 0.717) is 0 Å². The van der Waals surface area contributed by atoms with Crippen LogP contribution in [-0.4, -0.2) is 55.3 Å². The zero-order valence-electron chi connectivity index (χ0n) is 11.5. The number of hydrogen-bond acceptors (Lipinski definition) is 6. The van der Waals surface area contributed by atoms with E-state index in [4.69, 9.17) is 14.3 Å². The summed E-state index contributed by atoms with van der Waals surface area (Å²) in [5, 5.41) is -0.506. The number of carbonyl (C=O) groups excluding carboxylic acids is 3. The summed E-state index contributed by atoms with van der Waals surface area (Å²) in [5.41, 5.74) is -0.545. The molecule has 19 heavy (non-hydrogen) atoms. The van der Waals surface area contributed by atoms with Crippen molar-refractivity contribution < 1.29 is 27.5 Å². The van der Waals surface area contributed by atoms with E-state index < -0.39 is 26.8 Å². The number of ether oxygens (including phenoxy) is 1. The molecule has 8 heteroatoms. The van der Waals surface area contributed by atoms with Crippen LogP contribution in [0.1, 0.15) is 27.7 Å². The van der Waals surface area contributed by atoms with E-state index >= 15 is 0 Å². The van der Waals surface area contributed by atoms with Gasteiger partial charge < -0.3 is 9.64 Å². The molecule has 1 saturated heterocycles. The van der Waals surface area contributed by atoms with Crippen LogP contribution >= 0.6 is 0 Å². The van der Waals surface area contributed by atoms with Gasteiger partial charge in [-0.1, -0.05) is 0 Å². The highest BCUT2D eigenvalue weighted by atomic mass is 32.2. The molecule has 0 saturated carbocycles. The molecule has 0 radical (unpaired) electrons. The van der Waals surface area contributed by atoms with Gasteiger partial charge in [0.05, 0.1) is 11.0 Å². The molecule has 0 spiro atoms. The first kappa shape index (κ1) is 17.6. The number of nitrogens with zero attached hydrogens (tertiary/aromatic N) is 1. The smallest absolute Gasteiger partial charge is 0.410 e. The van der Waals surface area contributed by atoms with Crippen molar-refractivity contribution in [2.75, 3.05) is 18.8 Å². The predicted molar refractivity (Wildman–Crippen MR) is 66.1 cm³/mol. The summed E-state index contributed by atoms with van der Waals surface area (Å²) in [5.74, 6) is 0.0212. The lowest BCUT2D eigenvalue weighted by Crippen LogP contribution is -2.49. The highest BCUT2D eigenvalue weighted by molar-refractivity contribution is 7.92. The van der Waals surface area contributed by atoms with Gasteiger partial charge in [0.15, 0.2) is 9.84 Å².